The second-order valence-corrected chi connectivity index (χ2v) is 0. The van der Waals surface area contributed by atoms with Crippen molar-refractivity contribution in [2.75, 3.05) is 0 Å². The summed E-state index contributed by atoms with van der Waals surface area (Å²) in [6.45, 7) is 0. The number of rotatable bonds is 0. The molecule has 23 valence electrons. The van der Waals surface area contributed by atoms with E-state index >= 15 is 0 Å². The van der Waals surface area contributed by atoms with Crippen molar-refractivity contribution in [2.24, 2.45) is 0 Å². The molecule has 0 amide bonds. The first kappa shape index (κ1) is 29.1. The van der Waals surface area contributed by atoms with E-state index in [2.05, 4.69) is 0 Å². The second-order valence-electron chi connectivity index (χ2n) is 0. The molecule has 0 atom stereocenters. The van der Waals surface area contributed by atoms with Crippen molar-refractivity contribution < 1.29 is 85.6 Å². The molecule has 1 radical (unpaired) electrons. The molecule has 0 heterocycles. The SMILES string of the molecule is [Mo].[Mo].[Ta].[W]. The molecular weight excluding hydrogens is 557 g/mol. The van der Waals surface area contributed by atoms with Crippen LogP contribution in [0, 0.1) is 0 Å². The fourth-order valence-corrected chi connectivity index (χ4v) is 0. The molecule has 0 aliphatic carbocycles. The van der Waals surface area contributed by atoms with E-state index in [9.17, 15) is 0 Å². The standard InChI is InChI=1S/2Mo.Ta.W. The normalized spacial score (nSPS) is 0. The summed E-state index contributed by atoms with van der Waals surface area (Å²) >= 11 is 0. The van der Waals surface area contributed by atoms with Crippen molar-refractivity contribution in [3.05, 3.63) is 0 Å². The molecule has 0 rings (SSSR count). The Morgan fingerprint density at radius 2 is 0.750 bits per heavy atom. The molecule has 4 heavy (non-hydrogen) atoms. The van der Waals surface area contributed by atoms with Gasteiger partial charge in [0.05, 0.1) is 0 Å². The van der Waals surface area contributed by atoms with Crippen LogP contribution in [-0.4, -0.2) is 0 Å². The van der Waals surface area contributed by atoms with E-state index in [1.807, 2.05) is 0 Å². The van der Waals surface area contributed by atoms with Gasteiger partial charge in [0.1, 0.15) is 0 Å². The van der Waals surface area contributed by atoms with Crippen LogP contribution in [0.1, 0.15) is 0 Å². The maximum Gasteiger partial charge on any atom is 0 e. The van der Waals surface area contributed by atoms with Crippen molar-refractivity contribution in [3.8, 4) is 0 Å². The van der Waals surface area contributed by atoms with Gasteiger partial charge in [0.25, 0.3) is 0 Å². The third-order valence-corrected chi connectivity index (χ3v) is 0. The molecule has 0 saturated heterocycles. The van der Waals surface area contributed by atoms with Crippen molar-refractivity contribution >= 4 is 0 Å². The van der Waals surface area contributed by atoms with Crippen LogP contribution in [0.25, 0.3) is 0 Å². The van der Waals surface area contributed by atoms with Gasteiger partial charge in [-0.15, -0.1) is 0 Å². The van der Waals surface area contributed by atoms with E-state index in [1.54, 1.807) is 0 Å². The zero-order valence-electron chi connectivity index (χ0n) is 1.67. The Morgan fingerprint density at radius 3 is 0.750 bits per heavy atom. The Balaban J connectivity index is 0. The predicted octanol–water partition coefficient (Wildman–Crippen LogP) is -0.0100. The maximum absolute atomic E-state index is 0. The Labute approximate surface area is 84.2 Å². The van der Waals surface area contributed by atoms with Crippen molar-refractivity contribution in [3.63, 3.8) is 0 Å². The van der Waals surface area contributed by atoms with E-state index in [0.29, 0.717) is 0 Å². The van der Waals surface area contributed by atoms with E-state index in [-0.39, 0.29) is 85.6 Å². The van der Waals surface area contributed by atoms with Gasteiger partial charge in [0, 0.05) is 85.6 Å². The van der Waals surface area contributed by atoms with Crippen molar-refractivity contribution in [1.29, 1.82) is 0 Å². The molecule has 0 N–H and O–H groups in total. The van der Waals surface area contributed by atoms with Crippen LogP contribution in [0.4, 0.5) is 0 Å². The molecule has 0 fully saturated rings. The Bertz CT molecular complexity index is 6.00. The van der Waals surface area contributed by atoms with Crippen LogP contribution < -0.4 is 0 Å². The van der Waals surface area contributed by atoms with Crippen LogP contribution in [0.3, 0.4) is 0 Å². The molecule has 0 spiro atoms. The zero-order chi connectivity index (χ0) is 0. The number of hydrogen-bond acceptors (Lipinski definition) is 0. The first-order valence-corrected chi connectivity index (χ1v) is 0. The Morgan fingerprint density at radius 1 is 0.750 bits per heavy atom. The average Bonchev–Trinajstić information content (AvgIpc) is 0. The monoisotopic (exact) mass is 561 g/mol. The van der Waals surface area contributed by atoms with Crippen LogP contribution in [0.2, 0.25) is 0 Å². The third kappa shape index (κ3) is 8.84. The first-order valence-electron chi connectivity index (χ1n) is 0. The molecule has 0 aliphatic heterocycles. The molecule has 4 heteroatoms. The van der Waals surface area contributed by atoms with Crippen LogP contribution in [0.5, 0.6) is 0 Å². The first-order chi connectivity index (χ1) is 0. The maximum atomic E-state index is 0. The van der Waals surface area contributed by atoms with Gasteiger partial charge in [-0.05, 0) is 0 Å². The molecular formula is Mo2TaW. The smallest absolute Gasteiger partial charge is 0 e. The van der Waals surface area contributed by atoms with Crippen molar-refractivity contribution in [2.45, 2.75) is 0 Å². The van der Waals surface area contributed by atoms with Crippen molar-refractivity contribution in [1.82, 2.24) is 0 Å². The minimum atomic E-state index is 0. The molecule has 0 aromatic heterocycles. The molecule has 0 aromatic rings. The van der Waals surface area contributed by atoms with Crippen LogP contribution >= 0.6 is 0 Å². The largest absolute Gasteiger partial charge is 0 e. The Kier molecular flexibility index (Phi) is 124. The molecule has 0 bridgehead atoms. The Hall–Kier alpha value is 2.81. The summed E-state index contributed by atoms with van der Waals surface area (Å²) in [5.74, 6) is 0. The fraction of sp³-hybridized carbons (Fsp3) is 0. The van der Waals surface area contributed by atoms with E-state index in [4.69, 9.17) is 0 Å². The molecule has 0 saturated carbocycles. The van der Waals surface area contributed by atoms with Gasteiger partial charge in [0.15, 0.2) is 0 Å². The van der Waals surface area contributed by atoms with Gasteiger partial charge < -0.3 is 0 Å². The van der Waals surface area contributed by atoms with E-state index in [1.165, 1.54) is 0 Å². The summed E-state index contributed by atoms with van der Waals surface area (Å²) < 4.78 is 0. The van der Waals surface area contributed by atoms with E-state index in [0.717, 1.165) is 0 Å². The number of hydrogen-bond donors (Lipinski definition) is 0. The second kappa shape index (κ2) is 17.0. The quantitative estimate of drug-likeness (QED) is 0.369. The topological polar surface area (TPSA) is 0 Å². The zero-order valence-corrected chi connectivity index (χ0v) is 11.8. The summed E-state index contributed by atoms with van der Waals surface area (Å²) in [6.07, 6.45) is 0. The average molecular weight is 557 g/mol. The van der Waals surface area contributed by atoms with Gasteiger partial charge in [-0.1, -0.05) is 0 Å². The summed E-state index contributed by atoms with van der Waals surface area (Å²) in [5.41, 5.74) is 0. The van der Waals surface area contributed by atoms with Crippen LogP contribution in [0.15, 0.2) is 0 Å². The predicted molar refractivity (Wildman–Crippen MR) is 0 cm³/mol. The van der Waals surface area contributed by atoms with Gasteiger partial charge in [-0.3, -0.25) is 0 Å². The van der Waals surface area contributed by atoms with Gasteiger partial charge >= 0.3 is 0 Å². The van der Waals surface area contributed by atoms with Gasteiger partial charge in [-0.25, -0.2) is 0 Å². The van der Waals surface area contributed by atoms with Crippen LogP contribution in [-0.2, 0) is 85.6 Å². The summed E-state index contributed by atoms with van der Waals surface area (Å²) in [5, 5.41) is 0. The van der Waals surface area contributed by atoms with Gasteiger partial charge in [0.2, 0.25) is 0 Å². The molecule has 0 unspecified atom stereocenters. The summed E-state index contributed by atoms with van der Waals surface area (Å²) in [4.78, 5) is 0. The fourth-order valence-electron chi connectivity index (χ4n) is 0. The summed E-state index contributed by atoms with van der Waals surface area (Å²) in [7, 11) is 0. The molecule has 0 aliphatic rings. The molecule has 0 nitrogen and oxygen atoms in total. The summed E-state index contributed by atoms with van der Waals surface area (Å²) in [6, 6.07) is 0. The minimum Gasteiger partial charge on any atom is 0 e. The van der Waals surface area contributed by atoms with E-state index < -0.39 is 0 Å². The third-order valence-electron chi connectivity index (χ3n) is 0. The molecule has 0 aromatic carbocycles. The minimum absolute atomic E-state index is 0. The van der Waals surface area contributed by atoms with Gasteiger partial charge in [-0.2, -0.15) is 0 Å².